The number of oxime groups is 1. The van der Waals surface area contributed by atoms with E-state index in [1.54, 1.807) is 24.3 Å². The lowest BCUT2D eigenvalue weighted by atomic mass is 10.1. The number of hydrogen-bond acceptors (Lipinski definition) is 5. The minimum atomic E-state index is -0.718. The van der Waals surface area contributed by atoms with Crippen molar-refractivity contribution in [2.75, 3.05) is 7.11 Å². The summed E-state index contributed by atoms with van der Waals surface area (Å²) in [6.07, 6.45) is 0. The van der Waals surface area contributed by atoms with Crippen molar-refractivity contribution in [1.82, 2.24) is 0 Å². The highest BCUT2D eigenvalue weighted by atomic mass is 16.5. The zero-order chi connectivity index (χ0) is 14.4. The Morgan fingerprint density at radius 1 is 1.05 bits per heavy atom. The molecule has 102 valence electrons. The maximum atomic E-state index is 11.5. The predicted molar refractivity (Wildman–Crippen MR) is 73.3 cm³/mol. The number of methoxy groups -OCH3 is 1. The Hall–Kier alpha value is -2.82. The van der Waals surface area contributed by atoms with Crippen molar-refractivity contribution in [2.24, 2.45) is 5.16 Å². The Kier molecular flexibility index (Phi) is 4.34. The fourth-order valence-corrected chi connectivity index (χ4v) is 1.64. The van der Waals surface area contributed by atoms with Gasteiger partial charge in [-0.15, -0.1) is 0 Å². The molecule has 0 saturated carbocycles. The predicted octanol–water partition coefficient (Wildman–Crippen LogP) is 2.83. The molecule has 20 heavy (non-hydrogen) atoms. The minimum absolute atomic E-state index is 0.175. The van der Waals surface area contributed by atoms with Crippen LogP contribution in [0.2, 0.25) is 0 Å². The van der Waals surface area contributed by atoms with Crippen LogP contribution >= 0.6 is 0 Å². The van der Waals surface area contributed by atoms with E-state index in [2.05, 4.69) is 9.89 Å². The van der Waals surface area contributed by atoms with Crippen LogP contribution in [0.4, 0.5) is 0 Å². The Morgan fingerprint density at radius 2 is 1.75 bits per heavy atom. The fraction of sp³-hybridized carbons (Fsp3) is 0.0667. The summed E-state index contributed by atoms with van der Waals surface area (Å²) in [7, 11) is 1.22. The molecule has 0 saturated heterocycles. The molecule has 0 aromatic heterocycles. The first kappa shape index (κ1) is 13.6. The molecule has 2 aromatic rings. The van der Waals surface area contributed by atoms with Gasteiger partial charge in [-0.1, -0.05) is 35.5 Å². The smallest absolute Gasteiger partial charge is 0.360 e. The lowest BCUT2D eigenvalue weighted by Gasteiger charge is -2.07. The van der Waals surface area contributed by atoms with Gasteiger partial charge >= 0.3 is 5.97 Å². The molecule has 0 aliphatic rings. The van der Waals surface area contributed by atoms with E-state index < -0.39 is 5.97 Å². The number of esters is 1. The molecule has 0 spiro atoms. The quantitative estimate of drug-likeness (QED) is 0.402. The Morgan fingerprint density at radius 3 is 2.40 bits per heavy atom. The minimum Gasteiger partial charge on any atom is -0.464 e. The highest BCUT2D eigenvalue weighted by Crippen LogP contribution is 2.22. The number of nitrogens with zero attached hydrogens (tertiary/aromatic N) is 1. The standard InChI is InChI=1S/C15H13NO4/c1-19-15(17)14(16-18)11-6-5-9-13(10-11)20-12-7-3-2-4-8-12/h2-10,18H,1H3/b16-14-. The largest absolute Gasteiger partial charge is 0.464 e. The van der Waals surface area contributed by atoms with E-state index in [-0.39, 0.29) is 5.71 Å². The van der Waals surface area contributed by atoms with Crippen molar-refractivity contribution < 1.29 is 19.5 Å². The first-order chi connectivity index (χ1) is 9.74. The highest BCUT2D eigenvalue weighted by molar-refractivity contribution is 6.43. The van der Waals surface area contributed by atoms with Gasteiger partial charge in [0.25, 0.3) is 0 Å². The van der Waals surface area contributed by atoms with Crippen molar-refractivity contribution in [3.8, 4) is 11.5 Å². The number of ether oxygens (including phenoxy) is 2. The normalized spacial score (nSPS) is 10.9. The van der Waals surface area contributed by atoms with E-state index in [9.17, 15) is 4.79 Å². The number of benzene rings is 2. The zero-order valence-corrected chi connectivity index (χ0v) is 10.8. The van der Waals surface area contributed by atoms with Crippen LogP contribution in [0.25, 0.3) is 0 Å². The van der Waals surface area contributed by atoms with Crippen LogP contribution in [0.15, 0.2) is 59.8 Å². The second kappa shape index (κ2) is 6.38. The van der Waals surface area contributed by atoms with Gasteiger partial charge in [-0.25, -0.2) is 4.79 Å². The van der Waals surface area contributed by atoms with Gasteiger partial charge in [-0.05, 0) is 24.3 Å². The van der Waals surface area contributed by atoms with E-state index in [1.165, 1.54) is 7.11 Å². The van der Waals surface area contributed by atoms with Crippen LogP contribution in [-0.4, -0.2) is 24.0 Å². The van der Waals surface area contributed by atoms with Crippen LogP contribution in [0.5, 0.6) is 11.5 Å². The van der Waals surface area contributed by atoms with Crippen LogP contribution in [0.1, 0.15) is 5.56 Å². The molecule has 5 nitrogen and oxygen atoms in total. The molecular weight excluding hydrogens is 258 g/mol. The SMILES string of the molecule is COC(=O)/C(=N\O)c1cccc(Oc2ccccc2)c1. The highest BCUT2D eigenvalue weighted by Gasteiger charge is 2.15. The van der Waals surface area contributed by atoms with Gasteiger partial charge in [0.15, 0.2) is 5.71 Å². The van der Waals surface area contributed by atoms with Gasteiger partial charge in [0.2, 0.25) is 0 Å². The molecule has 1 N–H and O–H groups in total. The van der Waals surface area contributed by atoms with Crippen molar-refractivity contribution in [3.63, 3.8) is 0 Å². The van der Waals surface area contributed by atoms with Crippen molar-refractivity contribution in [1.29, 1.82) is 0 Å². The summed E-state index contributed by atoms with van der Waals surface area (Å²) in [6, 6.07) is 15.9. The number of carbonyl (C=O) groups is 1. The topological polar surface area (TPSA) is 68.1 Å². The summed E-state index contributed by atoms with van der Waals surface area (Å²) in [4.78, 5) is 11.5. The van der Waals surface area contributed by atoms with E-state index >= 15 is 0 Å². The molecular formula is C15H13NO4. The molecule has 0 atom stereocenters. The van der Waals surface area contributed by atoms with Crippen molar-refractivity contribution in [3.05, 3.63) is 60.2 Å². The van der Waals surface area contributed by atoms with Gasteiger partial charge in [-0.3, -0.25) is 0 Å². The number of carbonyl (C=O) groups excluding carboxylic acids is 1. The summed E-state index contributed by atoms with van der Waals surface area (Å²) in [5.74, 6) is 0.480. The number of para-hydroxylation sites is 1. The van der Waals surface area contributed by atoms with Crippen LogP contribution in [0, 0.1) is 0 Å². The Balaban J connectivity index is 2.26. The molecule has 0 heterocycles. The molecule has 5 heteroatoms. The third-order valence-electron chi connectivity index (χ3n) is 2.57. The second-order valence-electron chi connectivity index (χ2n) is 3.88. The van der Waals surface area contributed by atoms with Gasteiger partial charge < -0.3 is 14.7 Å². The maximum absolute atomic E-state index is 11.5. The summed E-state index contributed by atoms with van der Waals surface area (Å²) < 4.78 is 10.2. The number of hydrogen-bond donors (Lipinski definition) is 1. The first-order valence-electron chi connectivity index (χ1n) is 5.88. The molecule has 0 unspecified atom stereocenters. The third kappa shape index (κ3) is 3.14. The van der Waals surface area contributed by atoms with E-state index in [1.807, 2.05) is 30.3 Å². The van der Waals surface area contributed by atoms with E-state index in [0.717, 1.165) is 0 Å². The lowest BCUT2D eigenvalue weighted by Crippen LogP contribution is -2.17. The van der Waals surface area contributed by atoms with Crippen LogP contribution in [0.3, 0.4) is 0 Å². The summed E-state index contributed by atoms with van der Waals surface area (Å²) >= 11 is 0. The average Bonchev–Trinajstić information content (AvgIpc) is 2.49. The fourth-order valence-electron chi connectivity index (χ4n) is 1.64. The molecule has 0 aliphatic carbocycles. The van der Waals surface area contributed by atoms with E-state index in [0.29, 0.717) is 17.1 Å². The third-order valence-corrected chi connectivity index (χ3v) is 2.57. The number of rotatable bonds is 4. The molecule has 0 amide bonds. The first-order valence-corrected chi connectivity index (χ1v) is 5.88. The summed E-state index contributed by atoms with van der Waals surface area (Å²) in [6.45, 7) is 0. The average molecular weight is 271 g/mol. The molecule has 0 fully saturated rings. The van der Waals surface area contributed by atoms with Gasteiger partial charge in [0, 0.05) is 5.56 Å². The van der Waals surface area contributed by atoms with Crippen LogP contribution < -0.4 is 4.74 Å². The molecule has 0 bridgehead atoms. The van der Waals surface area contributed by atoms with E-state index in [4.69, 9.17) is 9.94 Å². The monoisotopic (exact) mass is 271 g/mol. The zero-order valence-electron chi connectivity index (χ0n) is 10.8. The molecule has 2 aromatic carbocycles. The van der Waals surface area contributed by atoms with Crippen LogP contribution in [-0.2, 0) is 9.53 Å². The summed E-state index contributed by atoms with van der Waals surface area (Å²) in [5, 5.41) is 11.9. The molecule has 0 radical (unpaired) electrons. The van der Waals surface area contributed by atoms with Gasteiger partial charge in [-0.2, -0.15) is 0 Å². The Labute approximate surface area is 116 Å². The lowest BCUT2D eigenvalue weighted by molar-refractivity contribution is -0.132. The van der Waals surface area contributed by atoms with Crippen molar-refractivity contribution in [2.45, 2.75) is 0 Å². The van der Waals surface area contributed by atoms with Gasteiger partial charge in [0.1, 0.15) is 11.5 Å². The van der Waals surface area contributed by atoms with Gasteiger partial charge in [0.05, 0.1) is 7.11 Å². The maximum Gasteiger partial charge on any atom is 0.360 e. The second-order valence-corrected chi connectivity index (χ2v) is 3.88. The molecule has 0 aliphatic heterocycles. The molecule has 2 rings (SSSR count). The van der Waals surface area contributed by atoms with Crippen molar-refractivity contribution >= 4 is 11.7 Å². The summed E-state index contributed by atoms with van der Waals surface area (Å²) in [5.41, 5.74) is 0.235. The Bertz CT molecular complexity index is 623.